The van der Waals surface area contributed by atoms with Crippen molar-refractivity contribution in [1.29, 1.82) is 0 Å². The zero-order chi connectivity index (χ0) is 52.5. The summed E-state index contributed by atoms with van der Waals surface area (Å²) in [7, 11) is -2.57. The molecule has 73 heavy (non-hydrogen) atoms. The van der Waals surface area contributed by atoms with E-state index in [4.69, 9.17) is 4.98 Å². The molecule has 20 heteroatoms. The van der Waals surface area contributed by atoms with Gasteiger partial charge in [-0.15, -0.1) is 0 Å². The van der Waals surface area contributed by atoms with Crippen molar-refractivity contribution in [2.45, 2.75) is 115 Å². The van der Waals surface area contributed by atoms with Gasteiger partial charge in [0.15, 0.2) is 15.7 Å². The molecule has 2 aromatic carbocycles. The molecule has 9 rings (SSSR count). The third kappa shape index (κ3) is 9.76. The maximum Gasteiger partial charge on any atom is 0.417 e. The van der Waals surface area contributed by atoms with Crippen LogP contribution in [0.15, 0.2) is 83.3 Å². The number of anilines is 6. The minimum Gasteiger partial charge on any atom is -0.392 e. The highest BCUT2D eigenvalue weighted by Crippen LogP contribution is 2.42. The number of aliphatic hydroxyl groups is 1. The summed E-state index contributed by atoms with van der Waals surface area (Å²) in [4.78, 5) is 57.4. The topological polar surface area (TPSA) is 178 Å². The van der Waals surface area contributed by atoms with Crippen LogP contribution in [0.4, 0.5) is 47.6 Å². The number of nitrogens with one attached hydrogen (secondary N) is 2. The van der Waals surface area contributed by atoms with E-state index in [1.165, 1.54) is 41.8 Å². The molecule has 6 heterocycles. The monoisotopic (exact) mass is 1020 g/mol. The average Bonchev–Trinajstić information content (AvgIpc) is 3.84. The number of aryl methyl sites for hydroxylation is 1. The van der Waals surface area contributed by atoms with E-state index in [9.17, 15) is 41.1 Å². The molecule has 3 N–H and O–H groups in total. The first-order chi connectivity index (χ1) is 34.5. The second kappa shape index (κ2) is 19.4. The van der Waals surface area contributed by atoms with Crippen molar-refractivity contribution < 1.29 is 36.3 Å². The van der Waals surface area contributed by atoms with Gasteiger partial charge in [-0.2, -0.15) is 13.2 Å². The van der Waals surface area contributed by atoms with Crippen LogP contribution in [0.5, 0.6) is 0 Å². The summed E-state index contributed by atoms with van der Waals surface area (Å²) in [6.45, 7) is 17.9. The number of sulfone groups is 1. The van der Waals surface area contributed by atoms with Crippen molar-refractivity contribution in [3.05, 3.63) is 112 Å². The summed E-state index contributed by atoms with van der Waals surface area (Å²) in [6.07, 6.45) is 2.64. The number of carbonyl (C=O) groups is 2. The van der Waals surface area contributed by atoms with Gasteiger partial charge in [-0.3, -0.25) is 24.2 Å². The predicted octanol–water partition coefficient (Wildman–Crippen LogP) is 7.56. The Balaban J connectivity index is 0.912. The largest absolute Gasteiger partial charge is 0.417 e. The summed E-state index contributed by atoms with van der Waals surface area (Å²) < 4.78 is 72.1. The van der Waals surface area contributed by atoms with E-state index in [0.717, 1.165) is 30.7 Å². The average molecular weight is 1030 g/mol. The molecule has 3 atom stereocenters. The van der Waals surface area contributed by atoms with E-state index < -0.39 is 49.8 Å². The molecule has 0 spiro atoms. The van der Waals surface area contributed by atoms with Crippen molar-refractivity contribution >= 4 is 56.0 Å². The number of pyridine rings is 1. The number of aliphatic hydroxyl groups excluding tert-OH is 1. The van der Waals surface area contributed by atoms with Gasteiger partial charge in [-0.1, -0.05) is 20.4 Å². The molecule has 4 aliphatic rings. The molecule has 1 aliphatic carbocycles. The number of nitrogens with zero attached hydrogens (tertiary/aromatic N) is 8. The van der Waals surface area contributed by atoms with E-state index in [2.05, 4.69) is 57.3 Å². The van der Waals surface area contributed by atoms with E-state index in [0.29, 0.717) is 97.5 Å². The molecular formula is C53H63F3N10O6S. The first-order valence-electron chi connectivity index (χ1n) is 24.8. The molecule has 5 aromatic rings. The number of piperidine rings is 1. The van der Waals surface area contributed by atoms with Crippen LogP contribution in [0.2, 0.25) is 0 Å². The maximum absolute atomic E-state index is 14.3. The molecule has 2 amide bonds. The van der Waals surface area contributed by atoms with Gasteiger partial charge < -0.3 is 34.7 Å². The summed E-state index contributed by atoms with van der Waals surface area (Å²) >= 11 is 0. The fourth-order valence-electron chi connectivity index (χ4n) is 11.3. The SMILES string of the molecule is C=CC(=O)Nc1cc(Nc2nc(-c3ccnc(N4CCn5c(cc6c5CC(C)(C)C6)C4=O)c3CO)cn(C)c2=O)ccc1N1CCN(C2CCN(c3ccc(S(=O)(=O)C(C)C)c(C(F)(F)F)c3)[C@H](C)C2)C[C@@H]1C. The Kier molecular flexibility index (Phi) is 13.7. The van der Waals surface area contributed by atoms with Gasteiger partial charge in [-0.25, -0.2) is 18.4 Å². The minimum atomic E-state index is -4.85. The van der Waals surface area contributed by atoms with Crippen molar-refractivity contribution in [1.82, 2.24) is 24.0 Å². The number of rotatable bonds is 12. The van der Waals surface area contributed by atoms with Crippen LogP contribution in [-0.2, 0) is 53.8 Å². The summed E-state index contributed by atoms with van der Waals surface area (Å²) in [5, 5.41) is 16.0. The summed E-state index contributed by atoms with van der Waals surface area (Å²) in [5.74, 6) is -0.319. The van der Waals surface area contributed by atoms with Gasteiger partial charge in [0, 0.05) is 105 Å². The third-order valence-electron chi connectivity index (χ3n) is 15.0. The Morgan fingerprint density at radius 2 is 1.75 bits per heavy atom. The predicted molar refractivity (Wildman–Crippen MR) is 276 cm³/mol. The lowest BCUT2D eigenvalue weighted by atomic mass is 9.90. The number of hydrogen-bond donors (Lipinski definition) is 3. The van der Waals surface area contributed by atoms with E-state index in [1.54, 1.807) is 42.5 Å². The van der Waals surface area contributed by atoms with E-state index in [-0.39, 0.29) is 35.3 Å². The van der Waals surface area contributed by atoms with Gasteiger partial charge in [0.25, 0.3) is 11.5 Å². The smallest absolute Gasteiger partial charge is 0.392 e. The van der Waals surface area contributed by atoms with E-state index >= 15 is 0 Å². The first kappa shape index (κ1) is 51.4. The maximum atomic E-state index is 14.3. The Morgan fingerprint density at radius 1 is 0.986 bits per heavy atom. The van der Waals surface area contributed by atoms with Crippen molar-refractivity contribution in [2.75, 3.05) is 58.1 Å². The molecule has 0 bridgehead atoms. The fourth-order valence-corrected chi connectivity index (χ4v) is 12.5. The van der Waals surface area contributed by atoms with Crippen LogP contribution in [-0.4, -0.2) is 105 Å². The number of carbonyl (C=O) groups excluding carboxylic acids is 2. The second-order valence-corrected chi connectivity index (χ2v) is 23.4. The van der Waals surface area contributed by atoms with Crippen LogP contribution in [0.3, 0.4) is 0 Å². The molecule has 2 saturated heterocycles. The van der Waals surface area contributed by atoms with Crippen molar-refractivity contribution in [2.24, 2.45) is 12.5 Å². The van der Waals surface area contributed by atoms with E-state index in [1.807, 2.05) is 24.0 Å². The zero-order valence-electron chi connectivity index (χ0n) is 42.3. The third-order valence-corrected chi connectivity index (χ3v) is 17.2. The molecule has 2 fully saturated rings. The Hall–Kier alpha value is -6.51. The molecule has 0 radical (unpaired) electrons. The van der Waals surface area contributed by atoms with Gasteiger partial charge in [0.1, 0.15) is 11.5 Å². The highest BCUT2D eigenvalue weighted by atomic mass is 32.2. The fraction of sp³-hybridized carbons (Fsp3) is 0.453. The number of hydrogen-bond acceptors (Lipinski definition) is 12. The normalized spacial score (nSPS) is 20.3. The Morgan fingerprint density at radius 3 is 2.44 bits per heavy atom. The molecule has 388 valence electrons. The highest BCUT2D eigenvalue weighted by Gasteiger charge is 2.41. The minimum absolute atomic E-state index is 0.0144. The number of amides is 2. The highest BCUT2D eigenvalue weighted by molar-refractivity contribution is 7.92. The lowest BCUT2D eigenvalue weighted by Crippen LogP contribution is -2.58. The Labute approximate surface area is 423 Å². The van der Waals surface area contributed by atoms with Crippen LogP contribution in [0.1, 0.15) is 87.3 Å². The second-order valence-electron chi connectivity index (χ2n) is 20.9. The molecule has 3 aromatic heterocycles. The number of piperazine rings is 1. The standard InChI is InChI=1S/C53H63F3N10O6S/c1-9-47(68)59-41-24-35(10-12-43(41)64-19-18-62(28-33(64)5)36-15-17-63(32(4)22-36)37-11-13-46(73(71,72)31(2)3)40(25-37)53(54,55)56)58-48-51(70)61(8)29-42(60-48)38-14-16-57-49(39(38)30-67)66-21-20-65-44(50(66)69)23-34-26-52(6,7)27-45(34)65/h9-14,16,23-25,29,31-33,36,67H,1,15,17-22,26-28,30H2,2-8H3,(H,58,60)(H,59,68)/t32-,33+,36?/m1/s1. The number of halogens is 3. The van der Waals surface area contributed by atoms with Crippen LogP contribution < -0.4 is 30.9 Å². The quantitative estimate of drug-likeness (QED) is 0.105. The van der Waals surface area contributed by atoms with Crippen molar-refractivity contribution in [3.8, 4) is 11.3 Å². The van der Waals surface area contributed by atoms with Gasteiger partial charge >= 0.3 is 6.18 Å². The number of fused-ring (bicyclic) bond motifs is 3. The van der Waals surface area contributed by atoms with Gasteiger partial charge in [-0.05, 0) is 119 Å². The van der Waals surface area contributed by atoms with Gasteiger partial charge in [0.05, 0.1) is 39.4 Å². The van der Waals surface area contributed by atoms with Crippen LogP contribution in [0.25, 0.3) is 11.3 Å². The number of benzene rings is 2. The zero-order valence-corrected chi connectivity index (χ0v) is 43.1. The van der Waals surface area contributed by atoms with Crippen LogP contribution in [0, 0.1) is 5.41 Å². The molecule has 3 aliphatic heterocycles. The number of alkyl halides is 3. The lowest BCUT2D eigenvalue weighted by Gasteiger charge is -2.48. The first-order valence-corrected chi connectivity index (χ1v) is 26.3. The Bertz CT molecular complexity index is 3190. The molecule has 16 nitrogen and oxygen atoms in total. The summed E-state index contributed by atoms with van der Waals surface area (Å²) in [5.41, 5.74) is 4.83. The van der Waals surface area contributed by atoms with Crippen LogP contribution >= 0.6 is 0 Å². The molecule has 1 unspecified atom stereocenters. The van der Waals surface area contributed by atoms with Gasteiger partial charge in [0.2, 0.25) is 5.91 Å². The van der Waals surface area contributed by atoms with Crippen molar-refractivity contribution in [3.63, 3.8) is 0 Å². The molecule has 0 saturated carbocycles. The number of aromatic nitrogens is 4. The lowest BCUT2D eigenvalue weighted by molar-refractivity contribution is -0.139. The summed E-state index contributed by atoms with van der Waals surface area (Å²) in [6, 6.07) is 12.6. The molecular weight excluding hydrogens is 962 g/mol.